The Morgan fingerprint density at radius 2 is 2.15 bits per heavy atom. The van der Waals surface area contributed by atoms with Crippen molar-refractivity contribution in [2.24, 2.45) is 4.99 Å². The van der Waals surface area contributed by atoms with E-state index in [1.54, 1.807) is 13.2 Å². The number of hydrogen-bond donors (Lipinski definition) is 2. The highest BCUT2D eigenvalue weighted by atomic mass is 35.5. The number of rotatable bonds is 6. The van der Waals surface area contributed by atoms with E-state index >= 15 is 0 Å². The number of halogens is 2. The quantitative estimate of drug-likeness (QED) is 0.626. The smallest absolute Gasteiger partial charge is 0.191 e. The molecule has 0 saturated heterocycles. The summed E-state index contributed by atoms with van der Waals surface area (Å²) in [5, 5.41) is 7.71. The number of guanidine groups is 1. The normalized spacial score (nSPS) is 13.2. The first-order valence-corrected chi connectivity index (χ1v) is 7.30. The number of nitrogens with one attached hydrogen (secondary N) is 2. The Balaban J connectivity index is 2.70. The van der Waals surface area contributed by atoms with Crippen molar-refractivity contribution in [1.82, 2.24) is 10.6 Å². The van der Waals surface area contributed by atoms with E-state index in [9.17, 15) is 0 Å². The highest BCUT2D eigenvalue weighted by molar-refractivity contribution is 6.35. The molecule has 2 N–H and O–H groups in total. The molecule has 0 heterocycles. The van der Waals surface area contributed by atoms with Crippen LogP contribution in [0.15, 0.2) is 23.2 Å². The Kier molecular flexibility index (Phi) is 7.73. The van der Waals surface area contributed by atoms with Gasteiger partial charge in [-0.3, -0.25) is 0 Å². The van der Waals surface area contributed by atoms with Crippen LogP contribution in [0.2, 0.25) is 10.0 Å². The van der Waals surface area contributed by atoms with Crippen LogP contribution in [0, 0.1) is 0 Å². The van der Waals surface area contributed by atoms with Gasteiger partial charge in [0, 0.05) is 29.7 Å². The van der Waals surface area contributed by atoms with Gasteiger partial charge in [0.15, 0.2) is 5.96 Å². The lowest BCUT2D eigenvalue weighted by molar-refractivity contribution is 0.179. The van der Waals surface area contributed by atoms with E-state index in [1.807, 2.05) is 26.0 Å². The van der Waals surface area contributed by atoms with Gasteiger partial charge < -0.3 is 15.4 Å². The van der Waals surface area contributed by atoms with Crippen LogP contribution >= 0.6 is 23.2 Å². The maximum atomic E-state index is 6.13. The van der Waals surface area contributed by atoms with Gasteiger partial charge in [0.2, 0.25) is 0 Å². The highest BCUT2D eigenvalue weighted by Crippen LogP contribution is 2.21. The van der Waals surface area contributed by atoms with Crippen molar-refractivity contribution < 1.29 is 4.74 Å². The van der Waals surface area contributed by atoms with Gasteiger partial charge in [0.05, 0.1) is 13.2 Å². The maximum Gasteiger partial charge on any atom is 0.191 e. The van der Waals surface area contributed by atoms with Crippen molar-refractivity contribution in [3.8, 4) is 0 Å². The van der Waals surface area contributed by atoms with Crippen LogP contribution in [0.25, 0.3) is 0 Å². The topological polar surface area (TPSA) is 45.7 Å². The molecule has 0 aliphatic heterocycles. The summed E-state index contributed by atoms with van der Waals surface area (Å²) in [5.41, 5.74) is 0.938. The third-order valence-electron chi connectivity index (χ3n) is 2.57. The van der Waals surface area contributed by atoms with Crippen molar-refractivity contribution in [3.63, 3.8) is 0 Å². The predicted octanol–water partition coefficient (Wildman–Crippen LogP) is 3.08. The lowest BCUT2D eigenvalue weighted by Gasteiger charge is -2.17. The van der Waals surface area contributed by atoms with Crippen LogP contribution < -0.4 is 10.6 Å². The van der Waals surface area contributed by atoms with Crippen molar-refractivity contribution in [2.75, 3.05) is 20.3 Å². The summed E-state index contributed by atoms with van der Waals surface area (Å²) in [4.78, 5) is 4.51. The van der Waals surface area contributed by atoms with Crippen molar-refractivity contribution in [1.29, 1.82) is 0 Å². The van der Waals surface area contributed by atoms with Crippen LogP contribution in [-0.2, 0) is 11.3 Å². The zero-order valence-corrected chi connectivity index (χ0v) is 13.6. The van der Waals surface area contributed by atoms with Crippen LogP contribution in [0.5, 0.6) is 0 Å². The van der Waals surface area contributed by atoms with E-state index in [2.05, 4.69) is 15.6 Å². The molecule has 1 aromatic rings. The molecule has 112 valence electrons. The molecule has 0 saturated carbocycles. The van der Waals surface area contributed by atoms with Gasteiger partial charge in [-0.2, -0.15) is 0 Å². The first-order valence-electron chi connectivity index (χ1n) is 6.54. The van der Waals surface area contributed by atoms with Gasteiger partial charge in [-0.15, -0.1) is 0 Å². The van der Waals surface area contributed by atoms with E-state index in [-0.39, 0.29) is 6.04 Å². The zero-order valence-electron chi connectivity index (χ0n) is 12.0. The van der Waals surface area contributed by atoms with Crippen molar-refractivity contribution in [3.05, 3.63) is 33.8 Å². The summed E-state index contributed by atoms with van der Waals surface area (Å²) in [6.45, 7) is 5.95. The SMILES string of the molecule is CCNC(=NCc1ccc(Cl)cc1Cl)NC(C)COC. The largest absolute Gasteiger partial charge is 0.383 e. The molecule has 0 aliphatic rings. The monoisotopic (exact) mass is 317 g/mol. The Labute approximate surface area is 130 Å². The summed E-state index contributed by atoms with van der Waals surface area (Å²) < 4.78 is 5.10. The van der Waals surface area contributed by atoms with Gasteiger partial charge in [0.1, 0.15) is 0 Å². The molecule has 1 aromatic carbocycles. The third kappa shape index (κ3) is 5.99. The molecule has 0 spiro atoms. The molecule has 0 aliphatic carbocycles. The summed E-state index contributed by atoms with van der Waals surface area (Å²) >= 11 is 12.0. The molecule has 0 bridgehead atoms. The van der Waals surface area contributed by atoms with E-state index in [1.165, 1.54) is 0 Å². The Bertz CT molecular complexity index is 452. The average molecular weight is 318 g/mol. The minimum atomic E-state index is 0.179. The number of ether oxygens (including phenoxy) is 1. The summed E-state index contributed by atoms with van der Waals surface area (Å²) in [6, 6.07) is 5.60. The van der Waals surface area contributed by atoms with E-state index in [0.717, 1.165) is 18.1 Å². The van der Waals surface area contributed by atoms with Crippen LogP contribution in [0.1, 0.15) is 19.4 Å². The van der Waals surface area contributed by atoms with Crippen molar-refractivity contribution >= 4 is 29.2 Å². The fourth-order valence-electron chi connectivity index (χ4n) is 1.66. The van der Waals surface area contributed by atoms with E-state index in [0.29, 0.717) is 23.2 Å². The highest BCUT2D eigenvalue weighted by Gasteiger charge is 2.05. The Morgan fingerprint density at radius 3 is 2.75 bits per heavy atom. The molecule has 1 unspecified atom stereocenters. The minimum absolute atomic E-state index is 0.179. The fraction of sp³-hybridized carbons (Fsp3) is 0.500. The molecule has 0 aromatic heterocycles. The first-order chi connectivity index (χ1) is 9.56. The zero-order chi connectivity index (χ0) is 15.0. The molecular weight excluding hydrogens is 297 g/mol. The molecule has 0 fully saturated rings. The second kappa shape index (κ2) is 9.06. The Morgan fingerprint density at radius 1 is 1.40 bits per heavy atom. The standard InChI is InChI=1S/C14H21Cl2N3O/c1-4-17-14(19-10(2)9-20-3)18-8-11-5-6-12(15)7-13(11)16/h5-7,10H,4,8-9H2,1-3H3,(H2,17,18,19). The third-order valence-corrected chi connectivity index (χ3v) is 3.15. The van der Waals surface area contributed by atoms with E-state index < -0.39 is 0 Å². The average Bonchev–Trinajstić information content (AvgIpc) is 2.38. The van der Waals surface area contributed by atoms with Crippen molar-refractivity contribution in [2.45, 2.75) is 26.4 Å². The summed E-state index contributed by atoms with van der Waals surface area (Å²) in [7, 11) is 1.68. The molecule has 0 amide bonds. The van der Waals surface area contributed by atoms with Gasteiger partial charge in [-0.25, -0.2) is 4.99 Å². The number of methoxy groups -OCH3 is 1. The van der Waals surface area contributed by atoms with Gasteiger partial charge in [0.25, 0.3) is 0 Å². The number of aliphatic imine (C=N–C) groups is 1. The van der Waals surface area contributed by atoms with Crippen LogP contribution in [0.4, 0.5) is 0 Å². The molecule has 1 atom stereocenters. The molecule has 0 radical (unpaired) electrons. The van der Waals surface area contributed by atoms with E-state index in [4.69, 9.17) is 27.9 Å². The molecule has 20 heavy (non-hydrogen) atoms. The molecular formula is C14H21Cl2N3O. The Hall–Kier alpha value is -0.970. The van der Waals surface area contributed by atoms with Crippen LogP contribution in [-0.4, -0.2) is 32.3 Å². The number of benzene rings is 1. The first kappa shape index (κ1) is 17.1. The maximum absolute atomic E-state index is 6.13. The fourth-order valence-corrected chi connectivity index (χ4v) is 2.13. The predicted molar refractivity (Wildman–Crippen MR) is 85.8 cm³/mol. The summed E-state index contributed by atoms with van der Waals surface area (Å²) in [6.07, 6.45) is 0. The number of hydrogen-bond acceptors (Lipinski definition) is 2. The van der Waals surface area contributed by atoms with Gasteiger partial charge in [-0.05, 0) is 31.5 Å². The lowest BCUT2D eigenvalue weighted by atomic mass is 10.2. The number of nitrogens with zero attached hydrogens (tertiary/aromatic N) is 1. The lowest BCUT2D eigenvalue weighted by Crippen LogP contribution is -2.43. The van der Waals surface area contributed by atoms with Crippen LogP contribution in [0.3, 0.4) is 0 Å². The second-order valence-electron chi connectivity index (χ2n) is 4.43. The second-order valence-corrected chi connectivity index (χ2v) is 5.28. The molecule has 1 rings (SSSR count). The molecule has 4 nitrogen and oxygen atoms in total. The van der Waals surface area contributed by atoms with Gasteiger partial charge in [-0.1, -0.05) is 29.3 Å². The summed E-state index contributed by atoms with van der Waals surface area (Å²) in [5.74, 6) is 0.739. The minimum Gasteiger partial charge on any atom is -0.383 e. The van der Waals surface area contributed by atoms with Gasteiger partial charge >= 0.3 is 0 Å². The molecule has 6 heteroatoms.